The van der Waals surface area contributed by atoms with Crippen molar-refractivity contribution in [2.45, 2.75) is 12.8 Å². The molecule has 1 aromatic carbocycles. The number of nitrogen functional groups attached to an aromatic ring is 1. The van der Waals surface area contributed by atoms with E-state index in [1.165, 1.54) is 0 Å². The third-order valence-electron chi connectivity index (χ3n) is 5.03. The number of hydrogen-bond donors (Lipinski definition) is 2. The first-order chi connectivity index (χ1) is 14.4. The Morgan fingerprint density at radius 3 is 2.30 bits per heavy atom. The highest BCUT2D eigenvalue weighted by Crippen LogP contribution is 2.41. The molecule has 156 valence electrons. The average Bonchev–Trinajstić information content (AvgIpc) is 3.10. The van der Waals surface area contributed by atoms with Crippen molar-refractivity contribution in [2.75, 3.05) is 37.9 Å². The molecule has 3 aromatic rings. The van der Waals surface area contributed by atoms with Crippen molar-refractivity contribution in [1.82, 2.24) is 9.97 Å². The second kappa shape index (κ2) is 7.79. The number of ether oxygens (including phenoxy) is 2. The van der Waals surface area contributed by atoms with E-state index < -0.39 is 5.91 Å². The number of fused-ring (bicyclic) bond motifs is 1. The molecule has 2 aromatic heterocycles. The lowest BCUT2D eigenvalue weighted by Crippen LogP contribution is -2.35. The van der Waals surface area contributed by atoms with E-state index >= 15 is 0 Å². The molecule has 30 heavy (non-hydrogen) atoms. The minimum atomic E-state index is -0.616. The number of primary amides is 1. The van der Waals surface area contributed by atoms with Crippen LogP contribution in [-0.2, 0) is 4.79 Å². The van der Waals surface area contributed by atoms with Crippen molar-refractivity contribution < 1.29 is 19.1 Å². The molecule has 1 aliphatic heterocycles. The Balaban J connectivity index is 1.96. The van der Waals surface area contributed by atoms with E-state index in [2.05, 4.69) is 4.98 Å². The van der Waals surface area contributed by atoms with E-state index in [1.807, 2.05) is 17.0 Å². The Labute approximate surface area is 176 Å². The summed E-state index contributed by atoms with van der Waals surface area (Å²) in [4.78, 5) is 35.7. The number of thiophene rings is 1. The summed E-state index contributed by atoms with van der Waals surface area (Å²) in [5.41, 5.74) is 13.3. The fourth-order valence-electron chi connectivity index (χ4n) is 3.44. The van der Waals surface area contributed by atoms with Gasteiger partial charge in [-0.15, -0.1) is 11.3 Å². The van der Waals surface area contributed by atoms with Gasteiger partial charge in [0.05, 0.1) is 31.0 Å². The zero-order valence-corrected chi connectivity index (χ0v) is 17.4. The molecule has 1 amide bonds. The van der Waals surface area contributed by atoms with E-state index in [4.69, 9.17) is 25.9 Å². The van der Waals surface area contributed by atoms with Crippen molar-refractivity contribution >= 4 is 44.9 Å². The number of piperidine rings is 1. The van der Waals surface area contributed by atoms with Gasteiger partial charge in [-0.25, -0.2) is 9.97 Å². The summed E-state index contributed by atoms with van der Waals surface area (Å²) in [7, 11) is 3.13. The number of ketones is 1. The number of aromatic nitrogens is 2. The van der Waals surface area contributed by atoms with Crippen molar-refractivity contribution in [1.29, 1.82) is 0 Å². The number of Topliss-reactive ketones (excluding diaryl/α,β-unsaturated/α-hetero) is 1. The standard InChI is InChI=1S/C20H21N5O4S/c1-28-12-7-10(8-13(9-12)29-2)16-14-15(21)17(18(22)27)30-19(14)24-20(23-16)25-5-3-11(26)4-6-25/h7-9H,3-6,21H2,1-2H3,(H2,22,27). The van der Waals surface area contributed by atoms with Gasteiger partial charge in [0.25, 0.3) is 5.91 Å². The molecule has 1 aliphatic rings. The van der Waals surface area contributed by atoms with Crippen LogP contribution in [0.2, 0.25) is 0 Å². The van der Waals surface area contributed by atoms with Crippen LogP contribution in [0.4, 0.5) is 11.6 Å². The molecule has 9 nitrogen and oxygen atoms in total. The predicted molar refractivity (Wildman–Crippen MR) is 115 cm³/mol. The molecule has 1 saturated heterocycles. The van der Waals surface area contributed by atoms with Gasteiger partial charge in [0.15, 0.2) is 0 Å². The van der Waals surface area contributed by atoms with Crippen LogP contribution in [0.1, 0.15) is 22.5 Å². The number of rotatable bonds is 5. The van der Waals surface area contributed by atoms with Gasteiger partial charge >= 0.3 is 0 Å². The maximum atomic E-state index is 11.9. The number of amides is 1. The molecule has 10 heteroatoms. The highest BCUT2D eigenvalue weighted by Gasteiger charge is 2.25. The van der Waals surface area contributed by atoms with Crippen LogP contribution in [0.3, 0.4) is 0 Å². The maximum Gasteiger partial charge on any atom is 0.260 e. The topological polar surface area (TPSA) is 134 Å². The van der Waals surface area contributed by atoms with Crippen LogP contribution < -0.4 is 25.8 Å². The summed E-state index contributed by atoms with van der Waals surface area (Å²) < 4.78 is 10.8. The van der Waals surface area contributed by atoms with E-state index in [1.54, 1.807) is 20.3 Å². The maximum absolute atomic E-state index is 11.9. The molecule has 0 atom stereocenters. The number of anilines is 2. The van der Waals surface area contributed by atoms with E-state index in [0.717, 1.165) is 11.3 Å². The lowest BCUT2D eigenvalue weighted by atomic mass is 10.1. The van der Waals surface area contributed by atoms with Gasteiger partial charge in [0.2, 0.25) is 5.95 Å². The van der Waals surface area contributed by atoms with Crippen LogP contribution in [-0.4, -0.2) is 49.0 Å². The minimum Gasteiger partial charge on any atom is -0.497 e. The molecular formula is C20H21N5O4S. The van der Waals surface area contributed by atoms with Gasteiger partial charge in [0, 0.05) is 37.6 Å². The summed E-state index contributed by atoms with van der Waals surface area (Å²) in [6.45, 7) is 1.07. The van der Waals surface area contributed by atoms with Crippen molar-refractivity contribution in [3.05, 3.63) is 23.1 Å². The Morgan fingerprint density at radius 1 is 1.10 bits per heavy atom. The Kier molecular flexibility index (Phi) is 5.17. The van der Waals surface area contributed by atoms with Crippen LogP contribution >= 0.6 is 11.3 Å². The summed E-state index contributed by atoms with van der Waals surface area (Å²) in [5, 5.41) is 0.556. The van der Waals surface area contributed by atoms with E-state index in [9.17, 15) is 9.59 Å². The lowest BCUT2D eigenvalue weighted by molar-refractivity contribution is -0.119. The van der Waals surface area contributed by atoms with Crippen molar-refractivity contribution in [2.24, 2.45) is 5.73 Å². The summed E-state index contributed by atoms with van der Waals surface area (Å²) in [6, 6.07) is 5.38. The third-order valence-corrected chi connectivity index (χ3v) is 6.14. The quantitative estimate of drug-likeness (QED) is 0.633. The monoisotopic (exact) mass is 427 g/mol. The SMILES string of the molecule is COc1cc(OC)cc(-c2nc(N3CCC(=O)CC3)nc3sc(C(N)=O)c(N)c23)c1. The summed E-state index contributed by atoms with van der Waals surface area (Å²) in [5.74, 6) is 1.26. The number of nitrogens with zero attached hydrogens (tertiary/aromatic N) is 3. The molecule has 4 N–H and O–H groups in total. The second-order valence-corrected chi connectivity index (χ2v) is 7.89. The summed E-state index contributed by atoms with van der Waals surface area (Å²) in [6.07, 6.45) is 0.895. The number of hydrogen-bond acceptors (Lipinski definition) is 9. The molecule has 0 saturated carbocycles. The van der Waals surface area contributed by atoms with Gasteiger partial charge in [0.1, 0.15) is 27.0 Å². The number of methoxy groups -OCH3 is 2. The Hall–Kier alpha value is -3.40. The molecule has 0 bridgehead atoms. The lowest BCUT2D eigenvalue weighted by Gasteiger charge is -2.26. The Morgan fingerprint density at radius 2 is 1.73 bits per heavy atom. The Bertz CT molecular complexity index is 1130. The van der Waals surface area contributed by atoms with Crippen LogP contribution in [0.5, 0.6) is 11.5 Å². The number of carbonyl (C=O) groups is 2. The molecule has 0 spiro atoms. The van der Waals surface area contributed by atoms with Gasteiger partial charge in [-0.2, -0.15) is 0 Å². The van der Waals surface area contributed by atoms with Crippen LogP contribution in [0.15, 0.2) is 18.2 Å². The van der Waals surface area contributed by atoms with Gasteiger partial charge < -0.3 is 25.8 Å². The first-order valence-corrected chi connectivity index (χ1v) is 10.1. The first kappa shape index (κ1) is 19.9. The molecule has 1 fully saturated rings. The van der Waals surface area contributed by atoms with Crippen molar-refractivity contribution in [3.8, 4) is 22.8 Å². The average molecular weight is 427 g/mol. The fraction of sp³-hybridized carbons (Fsp3) is 0.300. The fourth-order valence-corrected chi connectivity index (χ4v) is 4.39. The number of nitrogens with two attached hydrogens (primary N) is 2. The zero-order chi connectivity index (χ0) is 21.4. The van der Waals surface area contributed by atoms with Gasteiger partial charge in [-0.05, 0) is 12.1 Å². The summed E-state index contributed by atoms with van der Waals surface area (Å²) >= 11 is 1.13. The van der Waals surface area contributed by atoms with Gasteiger partial charge in [-0.1, -0.05) is 0 Å². The van der Waals surface area contributed by atoms with Gasteiger partial charge in [-0.3, -0.25) is 9.59 Å². The normalized spacial score (nSPS) is 14.2. The molecule has 4 rings (SSSR count). The molecule has 0 aliphatic carbocycles. The van der Waals surface area contributed by atoms with Crippen molar-refractivity contribution in [3.63, 3.8) is 0 Å². The molecule has 0 radical (unpaired) electrons. The highest BCUT2D eigenvalue weighted by atomic mass is 32.1. The predicted octanol–water partition coefficient (Wildman–Crippen LogP) is 2.23. The number of benzene rings is 1. The third kappa shape index (κ3) is 3.50. The molecule has 0 unspecified atom stereocenters. The zero-order valence-electron chi connectivity index (χ0n) is 16.6. The van der Waals surface area contributed by atoms with E-state index in [0.29, 0.717) is 64.9 Å². The van der Waals surface area contributed by atoms with Crippen LogP contribution in [0.25, 0.3) is 21.5 Å². The largest absolute Gasteiger partial charge is 0.497 e. The highest BCUT2D eigenvalue weighted by molar-refractivity contribution is 7.21. The smallest absolute Gasteiger partial charge is 0.260 e. The molecular weight excluding hydrogens is 406 g/mol. The first-order valence-electron chi connectivity index (χ1n) is 9.31. The second-order valence-electron chi connectivity index (χ2n) is 6.89. The van der Waals surface area contributed by atoms with Crippen LogP contribution in [0, 0.1) is 0 Å². The number of carbonyl (C=O) groups excluding carboxylic acids is 2. The molecule has 3 heterocycles. The minimum absolute atomic E-state index is 0.224. The van der Waals surface area contributed by atoms with E-state index in [-0.39, 0.29) is 16.3 Å².